The second kappa shape index (κ2) is 3.76. The number of rotatable bonds is 2. The average Bonchev–Trinajstić information content (AvgIpc) is 2.09. The van der Waals surface area contributed by atoms with Gasteiger partial charge in [0.05, 0.1) is 11.4 Å². The van der Waals surface area contributed by atoms with Gasteiger partial charge in [-0.1, -0.05) is 0 Å². The number of aromatic nitrogens is 1. The number of alkyl halides is 3. The first-order valence-electron chi connectivity index (χ1n) is 3.78. The normalized spacial score (nSPS) is 11.2. The third-order valence-corrected chi connectivity index (χ3v) is 1.53. The highest BCUT2D eigenvalue weighted by atomic mass is 19.4. The highest BCUT2D eigenvalue weighted by molar-refractivity contribution is 5.71. The van der Waals surface area contributed by atoms with Crippen LogP contribution in [0, 0.1) is 6.92 Å². The number of hydrogen-bond donors (Lipinski definition) is 1. The summed E-state index contributed by atoms with van der Waals surface area (Å²) in [4.78, 5) is 23.7. The molecule has 15 heavy (non-hydrogen) atoms. The van der Waals surface area contributed by atoms with Gasteiger partial charge in [0.1, 0.15) is 0 Å². The number of nitrogens with one attached hydrogen (secondary N) is 1. The number of aldehydes is 1. The van der Waals surface area contributed by atoms with Gasteiger partial charge in [-0.25, -0.2) is 0 Å². The third-order valence-electron chi connectivity index (χ3n) is 1.53. The predicted molar refractivity (Wildman–Crippen MR) is 43.9 cm³/mol. The number of hydrogen-bond acceptors (Lipinski definition) is 3. The van der Waals surface area contributed by atoms with Crippen LogP contribution in [0.4, 0.5) is 13.2 Å². The molecule has 82 valence electrons. The molecule has 0 aliphatic rings. The zero-order valence-electron chi connectivity index (χ0n) is 7.51. The number of carbonyl (C=O) groups excluding carboxylic acids is 1. The van der Waals surface area contributed by atoms with Crippen molar-refractivity contribution in [2.24, 2.45) is 0 Å². The Bertz CT molecular complexity index is 436. The third kappa shape index (κ3) is 2.83. The minimum Gasteiger partial charge on any atom is -0.400 e. The first kappa shape index (κ1) is 11.3. The van der Waals surface area contributed by atoms with Crippen molar-refractivity contribution in [3.8, 4) is 5.75 Å². The molecule has 0 aliphatic heterocycles. The number of H-pyrrole nitrogens is 1. The van der Waals surface area contributed by atoms with Crippen LogP contribution >= 0.6 is 0 Å². The molecule has 0 aromatic carbocycles. The Morgan fingerprint density at radius 2 is 2.07 bits per heavy atom. The Kier molecular flexibility index (Phi) is 2.83. The van der Waals surface area contributed by atoms with E-state index in [1.807, 2.05) is 0 Å². The number of ether oxygens (including phenoxy) is 1. The number of aryl methyl sites for hydroxylation is 1. The van der Waals surface area contributed by atoms with Crippen molar-refractivity contribution < 1.29 is 22.7 Å². The monoisotopic (exact) mass is 221 g/mol. The van der Waals surface area contributed by atoms with E-state index in [0.717, 1.165) is 6.07 Å². The SMILES string of the molecule is Cc1[nH]c(C=O)cc(=O)c1OC(F)(F)F. The van der Waals surface area contributed by atoms with E-state index in [-0.39, 0.29) is 11.4 Å². The second-order valence-electron chi connectivity index (χ2n) is 2.71. The van der Waals surface area contributed by atoms with Gasteiger partial charge in [0.2, 0.25) is 5.43 Å². The zero-order valence-corrected chi connectivity index (χ0v) is 7.51. The lowest BCUT2D eigenvalue weighted by molar-refractivity contribution is -0.275. The quantitative estimate of drug-likeness (QED) is 0.767. The molecule has 0 fully saturated rings. The van der Waals surface area contributed by atoms with Gasteiger partial charge in [0.15, 0.2) is 12.0 Å². The van der Waals surface area contributed by atoms with Gasteiger partial charge in [-0.05, 0) is 6.92 Å². The molecule has 0 aliphatic carbocycles. The molecule has 0 atom stereocenters. The molecule has 4 nitrogen and oxygen atoms in total. The Hall–Kier alpha value is -1.79. The summed E-state index contributed by atoms with van der Waals surface area (Å²) in [6.07, 6.45) is -4.60. The predicted octanol–water partition coefficient (Wildman–Crippen LogP) is 1.39. The summed E-state index contributed by atoms with van der Waals surface area (Å²) in [5.41, 5.74) is -1.25. The number of halogens is 3. The fourth-order valence-corrected chi connectivity index (χ4v) is 1.01. The van der Waals surface area contributed by atoms with Gasteiger partial charge in [-0.3, -0.25) is 9.59 Å². The molecule has 0 saturated carbocycles. The molecule has 1 heterocycles. The summed E-state index contributed by atoms with van der Waals surface area (Å²) in [6, 6.07) is 0.737. The lowest BCUT2D eigenvalue weighted by Gasteiger charge is -2.10. The van der Waals surface area contributed by atoms with Crippen LogP contribution in [0.5, 0.6) is 5.75 Å². The van der Waals surface area contributed by atoms with Crippen molar-refractivity contribution in [1.29, 1.82) is 0 Å². The summed E-state index contributed by atoms with van der Waals surface area (Å²) < 4.78 is 39.0. The van der Waals surface area contributed by atoms with Crippen LogP contribution in [-0.4, -0.2) is 17.6 Å². The van der Waals surface area contributed by atoms with Crippen molar-refractivity contribution in [2.45, 2.75) is 13.3 Å². The Labute approximate surface area is 81.7 Å². The highest BCUT2D eigenvalue weighted by Crippen LogP contribution is 2.21. The molecule has 0 spiro atoms. The maximum Gasteiger partial charge on any atom is 0.573 e. The van der Waals surface area contributed by atoms with Crippen LogP contribution in [0.1, 0.15) is 16.2 Å². The highest BCUT2D eigenvalue weighted by Gasteiger charge is 2.33. The summed E-state index contributed by atoms with van der Waals surface area (Å²) in [5, 5.41) is 0. The Morgan fingerprint density at radius 1 is 1.47 bits per heavy atom. The van der Waals surface area contributed by atoms with Crippen LogP contribution in [0.25, 0.3) is 0 Å². The van der Waals surface area contributed by atoms with Crippen molar-refractivity contribution >= 4 is 6.29 Å². The van der Waals surface area contributed by atoms with Gasteiger partial charge >= 0.3 is 6.36 Å². The number of aromatic amines is 1. The molecule has 7 heteroatoms. The molecule has 0 saturated heterocycles. The van der Waals surface area contributed by atoms with E-state index in [1.54, 1.807) is 0 Å². The number of pyridine rings is 1. The summed E-state index contributed by atoms with van der Waals surface area (Å²) >= 11 is 0. The second-order valence-corrected chi connectivity index (χ2v) is 2.71. The molecular formula is C8H6F3NO3. The molecule has 1 aromatic heterocycles. The topological polar surface area (TPSA) is 59.2 Å². The smallest absolute Gasteiger partial charge is 0.400 e. The van der Waals surface area contributed by atoms with Crippen LogP contribution in [0.3, 0.4) is 0 Å². The van der Waals surface area contributed by atoms with E-state index in [4.69, 9.17) is 0 Å². The lowest BCUT2D eigenvalue weighted by atomic mass is 10.3. The van der Waals surface area contributed by atoms with Crippen molar-refractivity contribution in [2.75, 3.05) is 0 Å². The Balaban J connectivity index is 3.20. The zero-order chi connectivity index (χ0) is 11.6. The first-order valence-corrected chi connectivity index (χ1v) is 3.78. The fourth-order valence-electron chi connectivity index (χ4n) is 1.01. The summed E-state index contributed by atoms with van der Waals surface area (Å²) in [5.74, 6) is -0.854. The maximum absolute atomic E-state index is 11.8. The van der Waals surface area contributed by atoms with Crippen LogP contribution in [-0.2, 0) is 0 Å². The summed E-state index contributed by atoms with van der Waals surface area (Å²) in [7, 11) is 0. The van der Waals surface area contributed by atoms with E-state index < -0.39 is 17.5 Å². The average molecular weight is 221 g/mol. The van der Waals surface area contributed by atoms with Crippen LogP contribution < -0.4 is 10.2 Å². The van der Waals surface area contributed by atoms with E-state index in [0.29, 0.717) is 6.29 Å². The van der Waals surface area contributed by atoms with Gasteiger partial charge < -0.3 is 9.72 Å². The van der Waals surface area contributed by atoms with E-state index >= 15 is 0 Å². The minimum atomic E-state index is -4.93. The fraction of sp³-hybridized carbons (Fsp3) is 0.250. The lowest BCUT2D eigenvalue weighted by Crippen LogP contribution is -2.23. The van der Waals surface area contributed by atoms with Crippen molar-refractivity contribution in [1.82, 2.24) is 4.98 Å². The van der Waals surface area contributed by atoms with Gasteiger partial charge in [0.25, 0.3) is 0 Å². The van der Waals surface area contributed by atoms with E-state index in [1.165, 1.54) is 6.92 Å². The summed E-state index contributed by atoms with van der Waals surface area (Å²) in [6.45, 7) is 1.20. The van der Waals surface area contributed by atoms with Crippen LogP contribution in [0.2, 0.25) is 0 Å². The molecule has 1 N–H and O–H groups in total. The van der Waals surface area contributed by atoms with Crippen LogP contribution in [0.15, 0.2) is 10.9 Å². The van der Waals surface area contributed by atoms with Crippen molar-refractivity contribution in [3.05, 3.63) is 27.7 Å². The first-order chi connectivity index (χ1) is 6.83. The largest absolute Gasteiger partial charge is 0.573 e. The molecule has 1 aromatic rings. The van der Waals surface area contributed by atoms with Gasteiger partial charge in [-0.2, -0.15) is 0 Å². The molecular weight excluding hydrogens is 215 g/mol. The van der Waals surface area contributed by atoms with Gasteiger partial charge in [-0.15, -0.1) is 13.2 Å². The molecule has 0 radical (unpaired) electrons. The van der Waals surface area contributed by atoms with Crippen molar-refractivity contribution in [3.63, 3.8) is 0 Å². The molecule has 0 unspecified atom stereocenters. The van der Waals surface area contributed by atoms with E-state index in [9.17, 15) is 22.8 Å². The minimum absolute atomic E-state index is 0.105. The molecule has 1 rings (SSSR count). The van der Waals surface area contributed by atoms with E-state index in [2.05, 4.69) is 9.72 Å². The van der Waals surface area contributed by atoms with Gasteiger partial charge in [0, 0.05) is 6.07 Å². The molecule has 0 amide bonds. The maximum atomic E-state index is 11.8. The molecule has 0 bridgehead atoms. The standard InChI is InChI=1S/C8H6F3NO3/c1-4-7(15-8(9,10)11)6(14)2-5(3-13)12-4/h2-3H,1H3,(H,12,14). The number of carbonyl (C=O) groups is 1. The Morgan fingerprint density at radius 3 is 2.47 bits per heavy atom.